The van der Waals surface area contributed by atoms with Crippen LogP contribution in [0, 0.1) is 6.92 Å². The van der Waals surface area contributed by atoms with E-state index in [1.54, 1.807) is 6.07 Å². The largest absolute Gasteiger partial charge is 0.444 e. The Hall–Kier alpha value is -2.94. The second-order valence-electron chi connectivity index (χ2n) is 10.2. The number of rotatable bonds is 12. The number of amides is 1. The van der Waals surface area contributed by atoms with E-state index in [1.807, 2.05) is 88.4 Å². The van der Waals surface area contributed by atoms with Crippen molar-refractivity contribution in [1.29, 1.82) is 0 Å². The van der Waals surface area contributed by atoms with E-state index in [-0.39, 0.29) is 11.5 Å². The summed E-state index contributed by atoms with van der Waals surface area (Å²) >= 11 is 0. The molecule has 8 heteroatoms. The summed E-state index contributed by atoms with van der Waals surface area (Å²) in [4.78, 5) is 12.1. The van der Waals surface area contributed by atoms with Gasteiger partial charge in [0, 0.05) is 18.0 Å². The number of ether oxygens (including phenoxy) is 2. The maximum absolute atomic E-state index is 13.5. The molecule has 0 spiro atoms. The number of aryl methyl sites for hydroxylation is 1. The molecule has 2 N–H and O–H groups in total. The highest BCUT2D eigenvalue weighted by Crippen LogP contribution is 2.26. The Morgan fingerprint density at radius 3 is 2.30 bits per heavy atom. The number of hydrogen-bond acceptors (Lipinski definition) is 5. The molecule has 0 aromatic heterocycles. The van der Waals surface area contributed by atoms with Crippen LogP contribution in [0.4, 0.5) is 4.79 Å². The Morgan fingerprint density at radius 2 is 1.59 bits per heavy atom. The van der Waals surface area contributed by atoms with Crippen molar-refractivity contribution < 1.29 is 22.7 Å². The number of carbonyl (C=O) groups is 1. The molecule has 0 fully saturated rings. The Morgan fingerprint density at radius 1 is 0.919 bits per heavy atom. The molecule has 37 heavy (non-hydrogen) atoms. The van der Waals surface area contributed by atoms with Crippen LogP contribution in [0.3, 0.4) is 0 Å². The molecule has 0 saturated carbocycles. The van der Waals surface area contributed by atoms with E-state index in [4.69, 9.17) is 9.47 Å². The van der Waals surface area contributed by atoms with Gasteiger partial charge in [-0.1, -0.05) is 67.1 Å². The number of sulfonamides is 1. The van der Waals surface area contributed by atoms with Crippen LogP contribution in [0.1, 0.15) is 51.2 Å². The molecule has 0 heterocycles. The molecule has 7 nitrogen and oxygen atoms in total. The van der Waals surface area contributed by atoms with Crippen LogP contribution >= 0.6 is 0 Å². The lowest BCUT2D eigenvalue weighted by atomic mass is 10.1. The number of unbranched alkanes of at least 4 members (excludes halogenated alkanes) is 1. The first-order chi connectivity index (χ1) is 17.5. The van der Waals surface area contributed by atoms with Crippen LogP contribution in [-0.4, -0.2) is 39.3 Å². The summed E-state index contributed by atoms with van der Waals surface area (Å²) < 4.78 is 41.0. The van der Waals surface area contributed by atoms with Crippen LogP contribution in [0.5, 0.6) is 0 Å². The van der Waals surface area contributed by atoms with E-state index in [9.17, 15) is 13.2 Å². The third-order valence-electron chi connectivity index (χ3n) is 5.79. The van der Waals surface area contributed by atoms with E-state index in [0.29, 0.717) is 37.8 Å². The normalized spacial score (nSPS) is 12.9. The van der Waals surface area contributed by atoms with Crippen LogP contribution in [0.2, 0.25) is 0 Å². The average Bonchev–Trinajstić information content (AvgIpc) is 2.83. The van der Waals surface area contributed by atoms with Crippen molar-refractivity contribution in [3.8, 4) is 0 Å². The van der Waals surface area contributed by atoms with Crippen LogP contribution in [0.15, 0.2) is 71.6 Å². The summed E-state index contributed by atoms with van der Waals surface area (Å²) in [6.07, 6.45) is 1.49. The number of fused-ring (bicyclic) bond motifs is 1. The van der Waals surface area contributed by atoms with Gasteiger partial charge in [-0.3, -0.25) is 0 Å². The number of carbonyl (C=O) groups excluding carboxylic acids is 1. The Balaban J connectivity index is 1.65. The van der Waals surface area contributed by atoms with Crippen molar-refractivity contribution in [1.82, 2.24) is 10.0 Å². The third kappa shape index (κ3) is 9.14. The molecule has 3 aromatic rings. The van der Waals surface area contributed by atoms with Gasteiger partial charge in [0.15, 0.2) is 0 Å². The van der Waals surface area contributed by atoms with Gasteiger partial charge in [-0.2, -0.15) is 0 Å². The quantitative estimate of drug-likeness (QED) is 0.295. The van der Waals surface area contributed by atoms with Crippen molar-refractivity contribution in [2.24, 2.45) is 0 Å². The topological polar surface area (TPSA) is 93.7 Å². The number of benzene rings is 3. The highest BCUT2D eigenvalue weighted by Gasteiger charge is 2.23. The highest BCUT2D eigenvalue weighted by molar-refractivity contribution is 7.89. The molecule has 0 radical (unpaired) electrons. The third-order valence-corrected chi connectivity index (χ3v) is 7.37. The second-order valence-corrected chi connectivity index (χ2v) is 11.9. The van der Waals surface area contributed by atoms with Gasteiger partial charge in [-0.15, -0.1) is 0 Å². The average molecular weight is 527 g/mol. The summed E-state index contributed by atoms with van der Waals surface area (Å²) in [5.41, 5.74) is 1.49. The molecule has 0 aliphatic carbocycles. The molecular weight excluding hydrogens is 488 g/mol. The predicted molar refractivity (Wildman–Crippen MR) is 147 cm³/mol. The Bertz CT molecular complexity index is 1270. The summed E-state index contributed by atoms with van der Waals surface area (Å²) in [5.74, 6) is 0. The molecule has 200 valence electrons. The van der Waals surface area contributed by atoms with E-state index in [0.717, 1.165) is 16.5 Å². The lowest BCUT2D eigenvalue weighted by Crippen LogP contribution is -2.38. The lowest BCUT2D eigenvalue weighted by molar-refractivity contribution is 0.0526. The monoisotopic (exact) mass is 526 g/mol. The maximum atomic E-state index is 13.5. The molecule has 3 aromatic carbocycles. The smallest absolute Gasteiger partial charge is 0.407 e. The zero-order chi connectivity index (χ0) is 26.9. The zero-order valence-corrected chi connectivity index (χ0v) is 22.9. The first-order valence-electron chi connectivity index (χ1n) is 12.6. The number of hydrogen-bond donors (Lipinski definition) is 2. The van der Waals surface area contributed by atoms with E-state index < -0.39 is 27.8 Å². The van der Waals surface area contributed by atoms with Gasteiger partial charge in [0.2, 0.25) is 10.0 Å². The van der Waals surface area contributed by atoms with Crippen LogP contribution < -0.4 is 10.0 Å². The van der Waals surface area contributed by atoms with Gasteiger partial charge >= 0.3 is 6.09 Å². The fraction of sp³-hybridized carbons (Fsp3) is 0.414. The minimum atomic E-state index is -3.79. The van der Waals surface area contributed by atoms with Crippen molar-refractivity contribution in [3.05, 3.63) is 77.9 Å². The SMILES string of the molecule is Cc1ccc(S(=O)(=O)N[C@@H](CCCCNC(=O)OC(C)(C)C)COCc2ccccc2)c2ccccc12. The number of alkyl carbamates (subject to hydrolysis) is 1. The molecule has 0 aliphatic heterocycles. The van der Waals surface area contributed by atoms with Gasteiger partial charge in [0.05, 0.1) is 18.1 Å². The Kier molecular flexibility index (Phi) is 10.1. The van der Waals surface area contributed by atoms with Gasteiger partial charge in [-0.05, 0) is 63.1 Å². The molecule has 1 amide bonds. The minimum absolute atomic E-state index is 0.234. The van der Waals surface area contributed by atoms with Gasteiger partial charge in [0.1, 0.15) is 5.60 Å². The van der Waals surface area contributed by atoms with Crippen LogP contribution in [-0.2, 0) is 26.1 Å². The zero-order valence-electron chi connectivity index (χ0n) is 22.1. The fourth-order valence-corrected chi connectivity index (χ4v) is 5.50. The van der Waals surface area contributed by atoms with Crippen molar-refractivity contribution >= 4 is 26.9 Å². The predicted octanol–water partition coefficient (Wildman–Crippen LogP) is 5.71. The minimum Gasteiger partial charge on any atom is -0.444 e. The van der Waals surface area contributed by atoms with Crippen molar-refractivity contribution in [3.63, 3.8) is 0 Å². The van der Waals surface area contributed by atoms with Gasteiger partial charge < -0.3 is 14.8 Å². The maximum Gasteiger partial charge on any atom is 0.407 e. The van der Waals surface area contributed by atoms with E-state index >= 15 is 0 Å². The van der Waals surface area contributed by atoms with E-state index in [1.165, 1.54) is 0 Å². The first kappa shape index (κ1) is 28.6. The fourth-order valence-electron chi connectivity index (χ4n) is 4.03. The molecule has 0 bridgehead atoms. The van der Waals surface area contributed by atoms with Crippen molar-refractivity contribution in [2.75, 3.05) is 13.2 Å². The Labute approximate surface area is 220 Å². The van der Waals surface area contributed by atoms with E-state index in [2.05, 4.69) is 10.0 Å². The molecule has 0 saturated heterocycles. The second kappa shape index (κ2) is 13.0. The van der Waals surface area contributed by atoms with Gasteiger partial charge in [-0.25, -0.2) is 17.9 Å². The summed E-state index contributed by atoms with van der Waals surface area (Å²) in [6.45, 7) is 8.49. The highest BCUT2D eigenvalue weighted by atomic mass is 32.2. The molecule has 1 atom stereocenters. The number of nitrogens with one attached hydrogen (secondary N) is 2. The lowest BCUT2D eigenvalue weighted by Gasteiger charge is -2.21. The van der Waals surface area contributed by atoms with Crippen LogP contribution in [0.25, 0.3) is 10.8 Å². The van der Waals surface area contributed by atoms with Crippen molar-refractivity contribution in [2.45, 2.75) is 70.1 Å². The summed E-state index contributed by atoms with van der Waals surface area (Å²) in [7, 11) is -3.79. The van der Waals surface area contributed by atoms with Gasteiger partial charge in [0.25, 0.3) is 0 Å². The molecule has 0 aliphatic rings. The molecular formula is C29H38N2O5S. The standard InChI is InChI=1S/C29H38N2O5S/c1-22-17-18-27(26-16-9-8-15-25(22)26)37(33,34)31-24(21-35-20-23-12-6-5-7-13-23)14-10-11-19-30-28(32)36-29(2,3)4/h5-9,12-13,15-18,24,31H,10-11,14,19-21H2,1-4H3,(H,30,32)/t24-/m0/s1. The molecule has 3 rings (SSSR count). The molecule has 0 unspecified atom stereocenters. The summed E-state index contributed by atoms with van der Waals surface area (Å²) in [6, 6.07) is 20.4. The summed E-state index contributed by atoms with van der Waals surface area (Å²) in [5, 5.41) is 4.35. The first-order valence-corrected chi connectivity index (χ1v) is 14.1.